The highest BCUT2D eigenvalue weighted by atomic mass is 16.4. The maximum Gasteiger partial charge on any atom is 0.307 e. The Morgan fingerprint density at radius 2 is 1.63 bits per heavy atom. The van der Waals surface area contributed by atoms with E-state index in [4.69, 9.17) is 5.11 Å². The first kappa shape index (κ1) is 14.3. The molecule has 0 aromatic carbocycles. The third-order valence-electron chi connectivity index (χ3n) is 4.55. The molecule has 5 heteroatoms. The number of nitrogens with one attached hydrogen (secondary N) is 1. The zero-order valence-corrected chi connectivity index (χ0v) is 11.2. The van der Waals surface area contributed by atoms with Gasteiger partial charge < -0.3 is 15.5 Å². The summed E-state index contributed by atoms with van der Waals surface area (Å²) >= 11 is 0. The van der Waals surface area contributed by atoms with Crippen LogP contribution in [0.1, 0.15) is 44.9 Å². The maximum atomic E-state index is 12.0. The molecule has 0 aliphatic heterocycles. The Labute approximate surface area is 113 Å². The number of hydrogen-bond donors (Lipinski definition) is 3. The van der Waals surface area contributed by atoms with E-state index in [1.54, 1.807) is 0 Å². The van der Waals surface area contributed by atoms with E-state index in [1.807, 2.05) is 0 Å². The number of aliphatic hydroxyl groups is 1. The van der Waals surface area contributed by atoms with Gasteiger partial charge in [-0.2, -0.15) is 0 Å². The van der Waals surface area contributed by atoms with Crippen LogP contribution in [-0.2, 0) is 9.59 Å². The lowest BCUT2D eigenvalue weighted by atomic mass is 9.87. The van der Waals surface area contributed by atoms with Gasteiger partial charge in [0.25, 0.3) is 0 Å². The lowest BCUT2D eigenvalue weighted by molar-refractivity contribution is -0.146. The molecule has 2 fully saturated rings. The molecule has 3 N–H and O–H groups in total. The van der Waals surface area contributed by atoms with E-state index in [9.17, 15) is 14.7 Å². The highest BCUT2D eigenvalue weighted by Crippen LogP contribution is 2.32. The molecule has 2 aliphatic carbocycles. The van der Waals surface area contributed by atoms with E-state index in [2.05, 4.69) is 5.32 Å². The molecule has 0 heterocycles. The van der Waals surface area contributed by atoms with Gasteiger partial charge in [-0.05, 0) is 44.4 Å². The van der Waals surface area contributed by atoms with Gasteiger partial charge in [-0.15, -0.1) is 0 Å². The molecule has 1 amide bonds. The smallest absolute Gasteiger partial charge is 0.307 e. The van der Waals surface area contributed by atoms with Gasteiger partial charge in [0.05, 0.1) is 17.9 Å². The zero-order chi connectivity index (χ0) is 13.8. The van der Waals surface area contributed by atoms with Crippen molar-refractivity contribution >= 4 is 11.9 Å². The first-order valence-electron chi connectivity index (χ1n) is 7.26. The van der Waals surface area contributed by atoms with E-state index in [0.29, 0.717) is 25.3 Å². The molecule has 0 spiro atoms. The molecule has 2 rings (SSSR count). The van der Waals surface area contributed by atoms with Crippen LogP contribution in [0, 0.1) is 17.8 Å². The van der Waals surface area contributed by atoms with Crippen LogP contribution in [0.25, 0.3) is 0 Å². The Morgan fingerprint density at radius 3 is 2.26 bits per heavy atom. The highest BCUT2D eigenvalue weighted by Gasteiger charge is 2.37. The first-order valence-corrected chi connectivity index (χ1v) is 7.26. The van der Waals surface area contributed by atoms with Crippen LogP contribution in [0.4, 0.5) is 0 Å². The van der Waals surface area contributed by atoms with Crippen molar-refractivity contribution in [2.45, 2.75) is 51.0 Å². The summed E-state index contributed by atoms with van der Waals surface area (Å²) in [5.41, 5.74) is 0. The third-order valence-corrected chi connectivity index (χ3v) is 4.55. The summed E-state index contributed by atoms with van der Waals surface area (Å²) in [6, 6.07) is 0. The van der Waals surface area contributed by atoms with Gasteiger partial charge in [-0.3, -0.25) is 9.59 Å². The number of carboxylic acid groups (broad SMARTS) is 1. The van der Waals surface area contributed by atoms with Crippen molar-refractivity contribution in [3.8, 4) is 0 Å². The van der Waals surface area contributed by atoms with Gasteiger partial charge in [0.15, 0.2) is 0 Å². The quantitative estimate of drug-likeness (QED) is 0.714. The third kappa shape index (κ3) is 3.69. The summed E-state index contributed by atoms with van der Waals surface area (Å²) in [5, 5.41) is 21.4. The normalized spacial score (nSPS) is 35.0. The Kier molecular flexibility index (Phi) is 4.80. The number of carbonyl (C=O) groups excluding carboxylic acids is 1. The lowest BCUT2D eigenvalue weighted by Gasteiger charge is -2.26. The van der Waals surface area contributed by atoms with Crippen LogP contribution in [-0.4, -0.2) is 34.7 Å². The van der Waals surface area contributed by atoms with Gasteiger partial charge in [-0.25, -0.2) is 0 Å². The Hall–Kier alpha value is -1.10. The van der Waals surface area contributed by atoms with Gasteiger partial charge in [0.1, 0.15) is 0 Å². The molecule has 2 saturated carbocycles. The monoisotopic (exact) mass is 269 g/mol. The average molecular weight is 269 g/mol. The van der Waals surface area contributed by atoms with Crippen molar-refractivity contribution in [3.05, 3.63) is 0 Å². The molecule has 0 bridgehead atoms. The maximum absolute atomic E-state index is 12.0. The molecule has 0 unspecified atom stereocenters. The van der Waals surface area contributed by atoms with Gasteiger partial charge >= 0.3 is 5.97 Å². The fourth-order valence-corrected chi connectivity index (χ4v) is 3.29. The molecule has 5 nitrogen and oxygen atoms in total. The zero-order valence-electron chi connectivity index (χ0n) is 11.2. The van der Waals surface area contributed by atoms with E-state index < -0.39 is 11.9 Å². The molecule has 19 heavy (non-hydrogen) atoms. The molecule has 0 aromatic heterocycles. The Balaban J connectivity index is 1.76. The number of amides is 1. The van der Waals surface area contributed by atoms with E-state index in [-0.39, 0.29) is 17.9 Å². The summed E-state index contributed by atoms with van der Waals surface area (Å²) in [7, 11) is 0. The Morgan fingerprint density at radius 1 is 1.00 bits per heavy atom. The molecule has 108 valence electrons. The number of carbonyl (C=O) groups is 2. The summed E-state index contributed by atoms with van der Waals surface area (Å²) in [6.45, 7) is 0.619. The molecular weight excluding hydrogens is 246 g/mol. The van der Waals surface area contributed by atoms with E-state index in [1.165, 1.54) is 0 Å². The molecule has 0 aromatic rings. The van der Waals surface area contributed by atoms with E-state index >= 15 is 0 Å². The van der Waals surface area contributed by atoms with Crippen molar-refractivity contribution in [1.29, 1.82) is 0 Å². The lowest BCUT2D eigenvalue weighted by Crippen LogP contribution is -2.38. The predicted molar refractivity (Wildman–Crippen MR) is 69.4 cm³/mol. The van der Waals surface area contributed by atoms with Gasteiger partial charge in [0.2, 0.25) is 5.91 Å². The second kappa shape index (κ2) is 6.37. The summed E-state index contributed by atoms with van der Waals surface area (Å²) in [4.78, 5) is 23.1. The average Bonchev–Trinajstić information content (AvgIpc) is 2.87. The number of carboxylic acids is 1. The van der Waals surface area contributed by atoms with Crippen molar-refractivity contribution in [1.82, 2.24) is 5.32 Å². The van der Waals surface area contributed by atoms with Gasteiger partial charge in [0, 0.05) is 6.54 Å². The molecule has 0 radical (unpaired) electrons. The molecule has 0 saturated heterocycles. The van der Waals surface area contributed by atoms with Crippen LogP contribution in [0.5, 0.6) is 0 Å². The minimum absolute atomic E-state index is 0.101. The first-order chi connectivity index (χ1) is 9.08. The van der Waals surface area contributed by atoms with Gasteiger partial charge in [-0.1, -0.05) is 6.42 Å². The number of rotatable bonds is 4. The minimum Gasteiger partial charge on any atom is -0.481 e. The second-order valence-electron chi connectivity index (χ2n) is 5.90. The molecule has 2 aliphatic rings. The van der Waals surface area contributed by atoms with Crippen molar-refractivity contribution in [3.63, 3.8) is 0 Å². The van der Waals surface area contributed by atoms with Crippen molar-refractivity contribution in [2.24, 2.45) is 17.8 Å². The van der Waals surface area contributed by atoms with Crippen LogP contribution < -0.4 is 5.32 Å². The number of aliphatic hydroxyl groups excluding tert-OH is 1. The number of hydrogen-bond acceptors (Lipinski definition) is 3. The van der Waals surface area contributed by atoms with Crippen LogP contribution in [0.3, 0.4) is 0 Å². The predicted octanol–water partition coefficient (Wildman–Crippen LogP) is 1.15. The largest absolute Gasteiger partial charge is 0.481 e. The summed E-state index contributed by atoms with van der Waals surface area (Å²) in [5.74, 6) is -1.38. The second-order valence-corrected chi connectivity index (χ2v) is 5.90. The SMILES string of the molecule is O=C(O)[C@H]1CCC[C@H]1C(=O)NCC1CCC(O)CC1. The standard InChI is InChI=1S/C14H23NO4/c16-10-6-4-9(5-7-10)8-15-13(17)11-2-1-3-12(11)14(18)19/h9-12,16H,1-8H2,(H,15,17)(H,18,19)/t9?,10?,11-,12+/m1/s1. The number of aliphatic carboxylic acids is 1. The van der Waals surface area contributed by atoms with Crippen LogP contribution in [0.2, 0.25) is 0 Å². The van der Waals surface area contributed by atoms with Crippen LogP contribution >= 0.6 is 0 Å². The van der Waals surface area contributed by atoms with Crippen LogP contribution in [0.15, 0.2) is 0 Å². The fourth-order valence-electron chi connectivity index (χ4n) is 3.29. The topological polar surface area (TPSA) is 86.6 Å². The fraction of sp³-hybridized carbons (Fsp3) is 0.857. The summed E-state index contributed by atoms with van der Waals surface area (Å²) < 4.78 is 0. The molecule has 2 atom stereocenters. The van der Waals surface area contributed by atoms with Crippen molar-refractivity contribution < 1.29 is 19.8 Å². The van der Waals surface area contributed by atoms with E-state index in [0.717, 1.165) is 32.1 Å². The highest BCUT2D eigenvalue weighted by molar-refractivity contribution is 5.85. The Bertz CT molecular complexity index is 336. The minimum atomic E-state index is -0.849. The van der Waals surface area contributed by atoms with Crippen molar-refractivity contribution in [2.75, 3.05) is 6.54 Å². The molecular formula is C14H23NO4. The summed E-state index contributed by atoms with van der Waals surface area (Å²) in [6.07, 6.45) is 5.44.